The summed E-state index contributed by atoms with van der Waals surface area (Å²) in [4.78, 5) is 0. The van der Waals surface area contributed by atoms with Crippen molar-refractivity contribution in [1.29, 1.82) is 0 Å². The van der Waals surface area contributed by atoms with E-state index in [0.717, 1.165) is 0 Å². The molecule has 0 radical (unpaired) electrons. The van der Waals surface area contributed by atoms with Crippen LogP contribution in [0, 0.1) is 0 Å². The van der Waals surface area contributed by atoms with Crippen LogP contribution in [0.15, 0.2) is 12.7 Å². The van der Waals surface area contributed by atoms with E-state index in [1.165, 1.54) is 0 Å². The second-order valence-electron chi connectivity index (χ2n) is 0.524. The molecule has 0 rings (SSSR count). The van der Waals surface area contributed by atoms with Crippen molar-refractivity contribution in [3.05, 3.63) is 12.7 Å². The number of rotatable bonds is 1. The van der Waals surface area contributed by atoms with Crippen molar-refractivity contribution < 1.29 is 25.8 Å². The van der Waals surface area contributed by atoms with Gasteiger partial charge in [-0.3, -0.25) is 0 Å². The average Bonchev–Trinajstić information content (AvgIpc) is 1.37. The molecule has 0 aliphatic heterocycles. The van der Waals surface area contributed by atoms with Gasteiger partial charge < -0.3 is 5.73 Å². The largest absolute Gasteiger partial charge is 0.327 e. The van der Waals surface area contributed by atoms with Crippen molar-refractivity contribution in [1.82, 2.24) is 0 Å². The van der Waals surface area contributed by atoms with Crippen molar-refractivity contribution in [2.45, 2.75) is 0 Å². The Morgan fingerprint density at radius 1 is 1.80 bits per heavy atom. The summed E-state index contributed by atoms with van der Waals surface area (Å²) in [7, 11) is 0. The Bertz CT molecular complexity index is 20.9. The Hall–Kier alpha value is 0.570. The maximum Gasteiger partial charge on any atom is 0.0104 e. The molecule has 28 valence electrons. The van der Waals surface area contributed by atoms with Gasteiger partial charge in [0.1, 0.15) is 0 Å². The van der Waals surface area contributed by atoms with E-state index in [1.807, 2.05) is 0 Å². The molecule has 0 aromatic heterocycles. The Morgan fingerprint density at radius 3 is 2.00 bits per heavy atom. The summed E-state index contributed by atoms with van der Waals surface area (Å²) in [6.07, 6.45) is 1.65. The molecule has 0 amide bonds. The van der Waals surface area contributed by atoms with Crippen LogP contribution < -0.4 is 5.73 Å². The smallest absolute Gasteiger partial charge is 0.0104 e. The molecule has 5 heavy (non-hydrogen) atoms. The van der Waals surface area contributed by atoms with Gasteiger partial charge in [-0.25, -0.2) is 0 Å². The third kappa shape index (κ3) is 12.2. The standard InChI is InChI=1S/C3H7N.Hf/c1-2-3-4;/h2H,1,3-4H2;. The predicted octanol–water partition coefficient (Wildman–Crippen LogP) is 0.129. The molecule has 2 N–H and O–H groups in total. The summed E-state index contributed by atoms with van der Waals surface area (Å²) in [5.74, 6) is 0. The fraction of sp³-hybridized carbons (Fsp3) is 0.333. The molecular formula is C3H7HfN. The van der Waals surface area contributed by atoms with E-state index >= 15 is 0 Å². The van der Waals surface area contributed by atoms with Gasteiger partial charge in [-0.05, 0) is 0 Å². The molecule has 0 unspecified atom stereocenters. The van der Waals surface area contributed by atoms with E-state index in [4.69, 9.17) is 5.73 Å². The summed E-state index contributed by atoms with van der Waals surface area (Å²) in [5, 5.41) is 0. The van der Waals surface area contributed by atoms with Crippen molar-refractivity contribution in [2.75, 3.05) is 6.54 Å². The second-order valence-corrected chi connectivity index (χ2v) is 0.524. The van der Waals surface area contributed by atoms with Gasteiger partial charge >= 0.3 is 0 Å². The van der Waals surface area contributed by atoms with Gasteiger partial charge in [-0.2, -0.15) is 0 Å². The molecule has 2 heteroatoms. The quantitative estimate of drug-likeness (QED) is 0.507. The van der Waals surface area contributed by atoms with E-state index < -0.39 is 0 Å². The topological polar surface area (TPSA) is 26.0 Å². The summed E-state index contributed by atoms with van der Waals surface area (Å²) < 4.78 is 0. The molecule has 0 aliphatic rings. The van der Waals surface area contributed by atoms with Crippen molar-refractivity contribution in [3.8, 4) is 0 Å². The summed E-state index contributed by atoms with van der Waals surface area (Å²) in [6, 6.07) is 0. The molecular weight excluding hydrogens is 229 g/mol. The molecule has 1 nitrogen and oxygen atoms in total. The van der Waals surface area contributed by atoms with Crippen LogP contribution in [0.1, 0.15) is 0 Å². The molecule has 0 fully saturated rings. The first kappa shape index (κ1) is 9.13. The second kappa shape index (κ2) is 8.82. The number of hydrogen-bond donors (Lipinski definition) is 1. The van der Waals surface area contributed by atoms with Crippen LogP contribution in [-0.4, -0.2) is 6.54 Å². The van der Waals surface area contributed by atoms with E-state index in [1.54, 1.807) is 6.08 Å². The monoisotopic (exact) mass is 237 g/mol. The molecule has 0 heterocycles. The van der Waals surface area contributed by atoms with E-state index in [9.17, 15) is 0 Å². The van der Waals surface area contributed by atoms with Crippen molar-refractivity contribution >= 4 is 0 Å². The molecule has 0 spiro atoms. The minimum absolute atomic E-state index is 0. The van der Waals surface area contributed by atoms with Gasteiger partial charge in [0, 0.05) is 32.4 Å². The maximum absolute atomic E-state index is 4.91. The molecule has 0 saturated heterocycles. The van der Waals surface area contributed by atoms with Crippen LogP contribution in [0.2, 0.25) is 0 Å². The van der Waals surface area contributed by atoms with E-state index in [-0.39, 0.29) is 25.8 Å². The third-order valence-corrected chi connectivity index (χ3v) is 0.167. The molecule has 0 aromatic carbocycles. The van der Waals surface area contributed by atoms with Crippen LogP contribution in [0.4, 0.5) is 0 Å². The Morgan fingerprint density at radius 2 is 2.00 bits per heavy atom. The van der Waals surface area contributed by atoms with Gasteiger partial charge in [-0.1, -0.05) is 6.08 Å². The third-order valence-electron chi connectivity index (χ3n) is 0.167. The zero-order valence-electron chi connectivity index (χ0n) is 3.07. The summed E-state index contributed by atoms with van der Waals surface area (Å²) in [6.45, 7) is 3.94. The minimum Gasteiger partial charge on any atom is -0.327 e. The summed E-state index contributed by atoms with van der Waals surface area (Å²) in [5.41, 5.74) is 4.91. The molecule has 0 atom stereocenters. The first-order valence-corrected chi connectivity index (χ1v) is 1.22. The maximum atomic E-state index is 4.91. The van der Waals surface area contributed by atoms with Crippen LogP contribution in [0.5, 0.6) is 0 Å². The van der Waals surface area contributed by atoms with Gasteiger partial charge in [0.15, 0.2) is 0 Å². The van der Waals surface area contributed by atoms with Gasteiger partial charge in [0.2, 0.25) is 0 Å². The van der Waals surface area contributed by atoms with Crippen LogP contribution in [0.25, 0.3) is 0 Å². The zero-order valence-corrected chi connectivity index (χ0v) is 6.66. The van der Waals surface area contributed by atoms with Crippen LogP contribution in [-0.2, 0) is 25.8 Å². The first-order valence-electron chi connectivity index (χ1n) is 1.22. The van der Waals surface area contributed by atoms with E-state index in [2.05, 4.69) is 6.58 Å². The minimum atomic E-state index is 0. The van der Waals surface area contributed by atoms with Crippen molar-refractivity contribution in [3.63, 3.8) is 0 Å². The van der Waals surface area contributed by atoms with Gasteiger partial charge in [-0.15, -0.1) is 6.58 Å². The SMILES string of the molecule is C=CCN.[Hf]. The zero-order chi connectivity index (χ0) is 3.41. The Kier molecular flexibility index (Phi) is 16.1. The Balaban J connectivity index is 0. The molecule has 0 aliphatic carbocycles. The molecule has 0 aromatic rings. The van der Waals surface area contributed by atoms with Crippen molar-refractivity contribution in [2.24, 2.45) is 5.73 Å². The molecule has 0 bridgehead atoms. The molecule has 0 saturated carbocycles. The average molecular weight is 236 g/mol. The first-order chi connectivity index (χ1) is 1.91. The van der Waals surface area contributed by atoms with Crippen LogP contribution in [0.3, 0.4) is 0 Å². The Labute approximate surface area is 51.0 Å². The predicted molar refractivity (Wildman–Crippen MR) is 19.3 cm³/mol. The van der Waals surface area contributed by atoms with Crippen LogP contribution >= 0.6 is 0 Å². The van der Waals surface area contributed by atoms with Gasteiger partial charge in [0.25, 0.3) is 0 Å². The fourth-order valence-corrected chi connectivity index (χ4v) is 0. The van der Waals surface area contributed by atoms with Gasteiger partial charge in [0.05, 0.1) is 0 Å². The number of hydrogen-bond acceptors (Lipinski definition) is 1. The van der Waals surface area contributed by atoms with E-state index in [0.29, 0.717) is 6.54 Å². The fourth-order valence-electron chi connectivity index (χ4n) is 0. The normalized spacial score (nSPS) is 5.00. The summed E-state index contributed by atoms with van der Waals surface area (Å²) >= 11 is 0. The number of nitrogens with two attached hydrogens (primary N) is 1.